The van der Waals surface area contributed by atoms with Crippen LogP contribution in [0.3, 0.4) is 0 Å². The first-order valence-corrected chi connectivity index (χ1v) is 8.22. The Kier molecular flexibility index (Phi) is 4.97. The van der Waals surface area contributed by atoms with Crippen molar-refractivity contribution in [1.29, 1.82) is 0 Å². The van der Waals surface area contributed by atoms with Gasteiger partial charge in [0, 0.05) is 18.7 Å². The van der Waals surface area contributed by atoms with Gasteiger partial charge in [-0.05, 0) is 48.6 Å². The third-order valence-electron chi connectivity index (χ3n) is 4.22. The van der Waals surface area contributed by atoms with E-state index in [1.807, 2.05) is 12.1 Å². The molecule has 0 aromatic heterocycles. The van der Waals surface area contributed by atoms with Gasteiger partial charge in [0.25, 0.3) is 0 Å². The van der Waals surface area contributed by atoms with Crippen molar-refractivity contribution in [3.8, 4) is 0 Å². The normalized spacial score (nSPS) is 15.8. The highest BCUT2D eigenvalue weighted by Gasteiger charge is 2.20. The van der Waals surface area contributed by atoms with E-state index in [9.17, 15) is 14.0 Å². The number of rotatable bonds is 3. The molecule has 2 aromatic carbocycles. The molecule has 1 aliphatic rings. The Labute approximate surface area is 145 Å². The second-order valence-electron chi connectivity index (χ2n) is 6.18. The van der Waals surface area contributed by atoms with E-state index < -0.39 is 11.8 Å². The quantitative estimate of drug-likeness (QED) is 0.800. The number of fused-ring (bicyclic) bond motifs is 1. The van der Waals surface area contributed by atoms with Crippen LogP contribution in [0.4, 0.5) is 20.6 Å². The molecule has 0 spiro atoms. The molecule has 0 radical (unpaired) electrons. The molecule has 0 saturated heterocycles. The molecule has 1 aliphatic carbocycles. The third kappa shape index (κ3) is 4.35. The van der Waals surface area contributed by atoms with Gasteiger partial charge in [-0.3, -0.25) is 4.79 Å². The molecule has 130 valence electrons. The van der Waals surface area contributed by atoms with E-state index in [1.54, 1.807) is 0 Å². The van der Waals surface area contributed by atoms with Crippen molar-refractivity contribution >= 4 is 23.3 Å². The fourth-order valence-electron chi connectivity index (χ4n) is 3.07. The topological polar surface area (TPSA) is 70.2 Å². The molecular weight excluding hydrogens is 321 g/mol. The van der Waals surface area contributed by atoms with Crippen molar-refractivity contribution in [2.45, 2.75) is 32.2 Å². The lowest BCUT2D eigenvalue weighted by atomic mass is 9.88. The molecule has 3 rings (SSSR count). The highest BCUT2D eigenvalue weighted by Crippen LogP contribution is 2.22. The number of carbonyl (C=O) groups is 2. The molecule has 6 heteroatoms. The predicted octanol–water partition coefficient (Wildman–Crippen LogP) is 3.46. The van der Waals surface area contributed by atoms with Gasteiger partial charge in [-0.15, -0.1) is 0 Å². The number of hydrogen-bond acceptors (Lipinski definition) is 2. The summed E-state index contributed by atoms with van der Waals surface area (Å²) >= 11 is 0. The average molecular weight is 341 g/mol. The van der Waals surface area contributed by atoms with Crippen molar-refractivity contribution in [2.75, 3.05) is 10.6 Å². The Morgan fingerprint density at radius 3 is 2.60 bits per heavy atom. The second-order valence-corrected chi connectivity index (χ2v) is 6.18. The Bertz CT molecular complexity index is 807. The van der Waals surface area contributed by atoms with Gasteiger partial charge in [0.05, 0.1) is 5.69 Å². The van der Waals surface area contributed by atoms with Crippen LogP contribution in [0.5, 0.6) is 0 Å². The second kappa shape index (κ2) is 7.34. The maximum atomic E-state index is 13.9. The molecule has 0 heterocycles. The van der Waals surface area contributed by atoms with Gasteiger partial charge >= 0.3 is 6.03 Å². The Morgan fingerprint density at radius 2 is 1.84 bits per heavy atom. The minimum atomic E-state index is -0.557. The van der Waals surface area contributed by atoms with Crippen LogP contribution < -0.4 is 16.0 Å². The Morgan fingerprint density at radius 1 is 1.08 bits per heavy atom. The summed E-state index contributed by atoms with van der Waals surface area (Å²) in [6.07, 6.45) is 2.52. The van der Waals surface area contributed by atoms with E-state index in [0.29, 0.717) is 5.69 Å². The lowest BCUT2D eigenvalue weighted by Crippen LogP contribution is -2.41. The summed E-state index contributed by atoms with van der Waals surface area (Å²) in [6.45, 7) is 1.37. The first kappa shape index (κ1) is 17.0. The van der Waals surface area contributed by atoms with Crippen LogP contribution in [-0.2, 0) is 17.6 Å². The monoisotopic (exact) mass is 341 g/mol. The fraction of sp³-hybridized carbons (Fsp3) is 0.263. The highest BCUT2D eigenvalue weighted by molar-refractivity contribution is 5.92. The summed E-state index contributed by atoms with van der Waals surface area (Å²) < 4.78 is 13.9. The van der Waals surface area contributed by atoms with Crippen molar-refractivity contribution in [3.63, 3.8) is 0 Å². The molecule has 1 atom stereocenters. The molecule has 0 unspecified atom stereocenters. The molecule has 0 aliphatic heterocycles. The fourth-order valence-corrected chi connectivity index (χ4v) is 3.07. The van der Waals surface area contributed by atoms with Crippen molar-refractivity contribution in [1.82, 2.24) is 5.32 Å². The zero-order chi connectivity index (χ0) is 17.8. The van der Waals surface area contributed by atoms with Gasteiger partial charge in [0.2, 0.25) is 5.91 Å². The maximum absolute atomic E-state index is 13.9. The van der Waals surface area contributed by atoms with E-state index in [1.165, 1.54) is 36.2 Å². The molecule has 3 N–H and O–H groups in total. The first-order chi connectivity index (χ1) is 12.0. The van der Waals surface area contributed by atoms with Gasteiger partial charge in [-0.25, -0.2) is 9.18 Å². The number of anilines is 2. The van der Waals surface area contributed by atoms with E-state index in [0.717, 1.165) is 19.3 Å². The van der Waals surface area contributed by atoms with Crippen LogP contribution >= 0.6 is 0 Å². The number of aryl methyl sites for hydroxylation is 1. The molecule has 3 amide bonds. The van der Waals surface area contributed by atoms with Crippen LogP contribution in [0.15, 0.2) is 42.5 Å². The SMILES string of the molecule is CC(=O)Nc1ccc(F)c(NC(=O)N[C@H]2CCc3ccccc3C2)c1. The summed E-state index contributed by atoms with van der Waals surface area (Å²) in [5.74, 6) is -0.818. The first-order valence-electron chi connectivity index (χ1n) is 8.22. The lowest BCUT2D eigenvalue weighted by molar-refractivity contribution is -0.114. The van der Waals surface area contributed by atoms with Crippen LogP contribution in [0.25, 0.3) is 0 Å². The van der Waals surface area contributed by atoms with Crippen LogP contribution in [0.2, 0.25) is 0 Å². The number of amides is 3. The van der Waals surface area contributed by atoms with E-state index in [-0.39, 0.29) is 17.6 Å². The number of nitrogens with one attached hydrogen (secondary N) is 3. The van der Waals surface area contributed by atoms with Crippen LogP contribution in [0, 0.1) is 5.82 Å². The number of carbonyl (C=O) groups excluding carboxylic acids is 2. The smallest absolute Gasteiger partial charge is 0.319 e. The average Bonchev–Trinajstić information content (AvgIpc) is 2.57. The van der Waals surface area contributed by atoms with E-state index >= 15 is 0 Å². The largest absolute Gasteiger partial charge is 0.335 e. The summed E-state index contributed by atoms with van der Waals surface area (Å²) in [5, 5.41) is 7.97. The minimum Gasteiger partial charge on any atom is -0.335 e. The van der Waals surface area contributed by atoms with Gasteiger partial charge in [-0.1, -0.05) is 24.3 Å². The molecule has 5 nitrogen and oxygen atoms in total. The van der Waals surface area contributed by atoms with Crippen LogP contribution in [0.1, 0.15) is 24.5 Å². The molecule has 25 heavy (non-hydrogen) atoms. The molecule has 0 bridgehead atoms. The summed E-state index contributed by atoms with van der Waals surface area (Å²) in [6, 6.07) is 11.8. The Hall–Kier alpha value is -2.89. The van der Waals surface area contributed by atoms with E-state index in [2.05, 4.69) is 28.1 Å². The van der Waals surface area contributed by atoms with Gasteiger partial charge < -0.3 is 16.0 Å². The number of hydrogen-bond donors (Lipinski definition) is 3. The number of halogens is 1. The molecule has 2 aromatic rings. The molecule has 0 fully saturated rings. The summed E-state index contributed by atoms with van der Waals surface area (Å²) in [7, 11) is 0. The van der Waals surface area contributed by atoms with Crippen molar-refractivity contribution in [2.24, 2.45) is 0 Å². The lowest BCUT2D eigenvalue weighted by Gasteiger charge is -2.25. The molecule has 0 saturated carbocycles. The van der Waals surface area contributed by atoms with Crippen molar-refractivity contribution < 1.29 is 14.0 Å². The summed E-state index contributed by atoms with van der Waals surface area (Å²) in [5.41, 5.74) is 3.00. The van der Waals surface area contributed by atoms with Crippen LogP contribution in [-0.4, -0.2) is 18.0 Å². The van der Waals surface area contributed by atoms with Crippen molar-refractivity contribution in [3.05, 3.63) is 59.4 Å². The molecular formula is C19H20FN3O2. The summed E-state index contributed by atoms with van der Waals surface area (Å²) in [4.78, 5) is 23.3. The predicted molar refractivity (Wildman–Crippen MR) is 95.1 cm³/mol. The zero-order valence-electron chi connectivity index (χ0n) is 13.9. The number of benzene rings is 2. The highest BCUT2D eigenvalue weighted by atomic mass is 19.1. The standard InChI is InChI=1S/C19H20FN3O2/c1-12(24)21-16-8-9-17(20)18(11-16)23-19(25)22-15-7-6-13-4-2-3-5-14(13)10-15/h2-5,8-9,11,15H,6-7,10H2,1H3,(H,21,24)(H2,22,23,25)/t15-/m0/s1. The van der Waals surface area contributed by atoms with Gasteiger partial charge in [-0.2, -0.15) is 0 Å². The Balaban J connectivity index is 1.62. The number of urea groups is 1. The van der Waals surface area contributed by atoms with Gasteiger partial charge in [0.1, 0.15) is 5.82 Å². The zero-order valence-corrected chi connectivity index (χ0v) is 13.9. The van der Waals surface area contributed by atoms with E-state index in [4.69, 9.17) is 0 Å². The maximum Gasteiger partial charge on any atom is 0.319 e. The van der Waals surface area contributed by atoms with Gasteiger partial charge in [0.15, 0.2) is 0 Å². The third-order valence-corrected chi connectivity index (χ3v) is 4.22. The minimum absolute atomic E-state index is 0.0106.